The molecule has 2 aromatic rings. The zero-order valence-electron chi connectivity index (χ0n) is 11.3. The van der Waals surface area contributed by atoms with Crippen molar-refractivity contribution >= 4 is 6.01 Å². The van der Waals surface area contributed by atoms with Crippen molar-refractivity contribution in [3.8, 4) is 11.4 Å². The Kier molecular flexibility index (Phi) is 3.49. The number of anilines is 1. The van der Waals surface area contributed by atoms with Crippen LogP contribution in [0, 0.1) is 0 Å². The molecular formula is C15H20N3O+. The molecule has 0 bridgehead atoms. The van der Waals surface area contributed by atoms with Crippen molar-refractivity contribution in [2.24, 2.45) is 7.05 Å². The fraction of sp³-hybridized carbons (Fsp3) is 0.467. The number of rotatable bonds is 3. The lowest BCUT2D eigenvalue weighted by molar-refractivity contribution is -0.834. The summed E-state index contributed by atoms with van der Waals surface area (Å²) in [5.74, 6) is 0.860. The Labute approximate surface area is 113 Å². The van der Waals surface area contributed by atoms with Crippen molar-refractivity contribution < 1.29 is 9.26 Å². The van der Waals surface area contributed by atoms with Gasteiger partial charge in [0.2, 0.25) is 0 Å². The third kappa shape index (κ3) is 2.78. The second kappa shape index (κ2) is 5.43. The van der Waals surface area contributed by atoms with Crippen LogP contribution in [0.1, 0.15) is 32.1 Å². The second-order valence-corrected chi connectivity index (χ2v) is 5.17. The molecule has 1 aromatic carbocycles. The standard InChI is InChI=1S/C15H19N3O/c1-18-14(12-8-4-2-5-9-12)17-15(19-18)16-13-10-6-3-7-11-13/h2,4-5,8-9,13H,3,6-7,10-11H2,1H3/p+1. The summed E-state index contributed by atoms with van der Waals surface area (Å²) in [7, 11) is 1.89. The third-order valence-corrected chi connectivity index (χ3v) is 3.69. The lowest BCUT2D eigenvalue weighted by atomic mass is 9.96. The van der Waals surface area contributed by atoms with Gasteiger partial charge in [-0.15, -0.1) is 0 Å². The van der Waals surface area contributed by atoms with Crippen molar-refractivity contribution in [2.75, 3.05) is 5.32 Å². The Morgan fingerprint density at radius 2 is 1.89 bits per heavy atom. The quantitative estimate of drug-likeness (QED) is 0.861. The molecule has 4 nitrogen and oxygen atoms in total. The molecule has 1 N–H and O–H groups in total. The highest BCUT2D eigenvalue weighted by Gasteiger charge is 2.24. The molecule has 1 aliphatic carbocycles. The lowest BCUT2D eigenvalue weighted by Gasteiger charge is -2.19. The van der Waals surface area contributed by atoms with Crippen LogP contribution in [0.25, 0.3) is 11.4 Å². The van der Waals surface area contributed by atoms with E-state index in [0.717, 1.165) is 11.4 Å². The van der Waals surface area contributed by atoms with E-state index >= 15 is 0 Å². The van der Waals surface area contributed by atoms with Gasteiger partial charge >= 0.3 is 11.8 Å². The SMILES string of the molecule is C[n+]1oc(NC2CCCCC2)nc1-c1ccccc1. The van der Waals surface area contributed by atoms with Crippen LogP contribution in [-0.4, -0.2) is 11.0 Å². The van der Waals surface area contributed by atoms with Crippen molar-refractivity contribution in [1.29, 1.82) is 0 Å². The smallest absolute Gasteiger partial charge is 0.312 e. The third-order valence-electron chi connectivity index (χ3n) is 3.69. The molecule has 0 unspecified atom stereocenters. The monoisotopic (exact) mass is 258 g/mol. The van der Waals surface area contributed by atoms with Gasteiger partial charge in [-0.2, -0.15) is 0 Å². The van der Waals surface area contributed by atoms with Gasteiger partial charge < -0.3 is 5.32 Å². The molecule has 1 aromatic heterocycles. The van der Waals surface area contributed by atoms with Gasteiger partial charge in [0, 0.05) is 11.0 Å². The van der Waals surface area contributed by atoms with E-state index in [1.807, 2.05) is 37.4 Å². The molecule has 1 heterocycles. The number of hydrogen-bond acceptors (Lipinski definition) is 3. The van der Waals surface area contributed by atoms with Crippen LogP contribution in [-0.2, 0) is 7.05 Å². The molecule has 0 saturated heterocycles. The highest BCUT2D eigenvalue weighted by Crippen LogP contribution is 2.22. The Balaban J connectivity index is 1.77. The Morgan fingerprint density at radius 1 is 1.16 bits per heavy atom. The van der Waals surface area contributed by atoms with Crippen molar-refractivity contribution in [1.82, 2.24) is 4.98 Å². The summed E-state index contributed by atoms with van der Waals surface area (Å²) in [4.78, 5) is 4.56. The van der Waals surface area contributed by atoms with Gasteiger partial charge in [0.1, 0.15) is 7.05 Å². The first-order valence-corrected chi connectivity index (χ1v) is 7.02. The molecule has 0 atom stereocenters. The van der Waals surface area contributed by atoms with Crippen LogP contribution in [0.5, 0.6) is 0 Å². The molecule has 4 heteroatoms. The van der Waals surface area contributed by atoms with Gasteiger partial charge in [-0.1, -0.05) is 42.2 Å². The lowest BCUT2D eigenvalue weighted by Crippen LogP contribution is -2.28. The predicted molar refractivity (Wildman–Crippen MR) is 73.6 cm³/mol. The topological polar surface area (TPSA) is 41.9 Å². The van der Waals surface area contributed by atoms with E-state index < -0.39 is 0 Å². The van der Waals surface area contributed by atoms with Crippen LogP contribution >= 0.6 is 0 Å². The normalized spacial score (nSPS) is 16.5. The molecule has 0 spiro atoms. The predicted octanol–water partition coefficient (Wildman–Crippen LogP) is 2.91. The van der Waals surface area contributed by atoms with E-state index in [1.165, 1.54) is 32.1 Å². The highest BCUT2D eigenvalue weighted by atomic mass is 16.5. The summed E-state index contributed by atoms with van der Waals surface area (Å²) < 4.78 is 7.39. The molecule has 0 amide bonds. The summed E-state index contributed by atoms with van der Waals surface area (Å²) in [5, 5.41) is 3.41. The van der Waals surface area contributed by atoms with Crippen molar-refractivity contribution in [3.63, 3.8) is 0 Å². The Morgan fingerprint density at radius 3 is 2.63 bits per heavy atom. The van der Waals surface area contributed by atoms with Crippen LogP contribution in [0.3, 0.4) is 0 Å². The molecule has 1 aliphatic rings. The van der Waals surface area contributed by atoms with E-state index in [0.29, 0.717) is 12.1 Å². The van der Waals surface area contributed by atoms with Crippen molar-refractivity contribution in [3.05, 3.63) is 30.3 Å². The van der Waals surface area contributed by atoms with E-state index in [1.54, 1.807) is 4.74 Å². The number of hydrogen-bond donors (Lipinski definition) is 1. The number of nitrogens with zero attached hydrogens (tertiary/aromatic N) is 2. The number of nitrogens with one attached hydrogen (secondary N) is 1. The molecule has 0 radical (unpaired) electrons. The van der Waals surface area contributed by atoms with E-state index in [4.69, 9.17) is 4.52 Å². The van der Waals surface area contributed by atoms with Gasteiger partial charge in [-0.05, 0) is 25.0 Å². The minimum absolute atomic E-state index is 0.510. The van der Waals surface area contributed by atoms with Crippen LogP contribution < -0.4 is 10.1 Å². The maximum Gasteiger partial charge on any atom is 0.451 e. The first-order valence-electron chi connectivity index (χ1n) is 7.02. The Bertz CT molecular complexity index is 530. The zero-order valence-corrected chi connectivity index (χ0v) is 11.3. The molecule has 0 aliphatic heterocycles. The van der Waals surface area contributed by atoms with Gasteiger partial charge in [-0.25, -0.2) is 4.52 Å². The summed E-state index contributed by atoms with van der Waals surface area (Å²) in [6, 6.07) is 11.3. The molecular weight excluding hydrogens is 238 g/mol. The second-order valence-electron chi connectivity index (χ2n) is 5.17. The highest BCUT2D eigenvalue weighted by molar-refractivity contribution is 5.52. The van der Waals surface area contributed by atoms with Crippen LogP contribution in [0.2, 0.25) is 0 Å². The Hall–Kier alpha value is -1.84. The largest absolute Gasteiger partial charge is 0.451 e. The maximum atomic E-state index is 5.67. The summed E-state index contributed by atoms with van der Waals surface area (Å²) in [6.07, 6.45) is 6.39. The van der Waals surface area contributed by atoms with E-state index in [-0.39, 0.29) is 0 Å². The molecule has 100 valence electrons. The molecule has 3 rings (SSSR count). The minimum Gasteiger partial charge on any atom is -0.312 e. The summed E-state index contributed by atoms with van der Waals surface area (Å²) in [5.41, 5.74) is 1.07. The molecule has 1 fully saturated rings. The summed E-state index contributed by atoms with van der Waals surface area (Å²) in [6.45, 7) is 0. The first kappa shape index (κ1) is 12.2. The van der Waals surface area contributed by atoms with E-state index in [9.17, 15) is 0 Å². The van der Waals surface area contributed by atoms with Crippen molar-refractivity contribution in [2.45, 2.75) is 38.1 Å². The summed E-state index contributed by atoms with van der Waals surface area (Å²) >= 11 is 0. The van der Waals surface area contributed by atoms with Crippen LogP contribution in [0.4, 0.5) is 6.01 Å². The minimum atomic E-state index is 0.510. The number of aromatic nitrogens is 2. The first-order chi connectivity index (χ1) is 9.33. The van der Waals surface area contributed by atoms with Gasteiger partial charge in [0.15, 0.2) is 0 Å². The van der Waals surface area contributed by atoms with Gasteiger partial charge in [0.25, 0.3) is 0 Å². The number of benzene rings is 1. The fourth-order valence-electron chi connectivity index (χ4n) is 2.67. The average Bonchev–Trinajstić information content (AvgIpc) is 2.82. The van der Waals surface area contributed by atoms with Gasteiger partial charge in [0.05, 0.1) is 5.56 Å². The fourth-order valence-corrected chi connectivity index (χ4v) is 2.67. The zero-order chi connectivity index (χ0) is 13.1. The number of aryl methyl sites for hydroxylation is 1. The average molecular weight is 258 g/mol. The van der Waals surface area contributed by atoms with E-state index in [2.05, 4.69) is 10.3 Å². The maximum absolute atomic E-state index is 5.67. The molecule has 1 saturated carbocycles. The van der Waals surface area contributed by atoms with Gasteiger partial charge in [-0.3, -0.25) is 0 Å². The molecule has 19 heavy (non-hydrogen) atoms. The van der Waals surface area contributed by atoms with Crippen LogP contribution in [0.15, 0.2) is 34.9 Å².